The molecule has 0 aromatic heterocycles. The number of piperidine rings is 1. The molecule has 1 saturated heterocycles. The quantitative estimate of drug-likeness (QED) is 0.600. The second-order valence-electron chi connectivity index (χ2n) is 7.89. The molecule has 0 atom stereocenters. The lowest BCUT2D eigenvalue weighted by molar-refractivity contribution is 0.0746. The topological polar surface area (TPSA) is 41.9 Å². The molecule has 0 N–H and O–H groups in total. The van der Waals surface area contributed by atoms with Crippen LogP contribution in [0.5, 0.6) is 0 Å². The van der Waals surface area contributed by atoms with Gasteiger partial charge in [-0.15, -0.1) is 0 Å². The first-order valence-corrected chi connectivity index (χ1v) is 10.6. The molecule has 0 radical (unpaired) electrons. The Morgan fingerprint density at radius 2 is 1.71 bits per heavy atom. The Morgan fingerprint density at radius 3 is 2.42 bits per heavy atom. The van der Waals surface area contributed by atoms with Crippen molar-refractivity contribution >= 4 is 28.7 Å². The van der Waals surface area contributed by atoms with Crippen LogP contribution in [0.25, 0.3) is 16.8 Å². The number of nitrogens with zero attached hydrogens (tertiary/aromatic N) is 2. The molecule has 0 bridgehead atoms. The first-order chi connectivity index (χ1) is 15.2. The maximum Gasteiger partial charge on any atom is 0.254 e. The zero-order valence-corrected chi connectivity index (χ0v) is 17.2. The number of likely N-dealkylation sites (tertiary alicyclic amines) is 1. The molecule has 0 saturated carbocycles. The van der Waals surface area contributed by atoms with Gasteiger partial charge in [-0.2, -0.15) is 0 Å². The smallest absolute Gasteiger partial charge is 0.254 e. The fourth-order valence-electron chi connectivity index (χ4n) is 4.23. The van der Waals surface area contributed by atoms with E-state index in [1.807, 2.05) is 29.2 Å². The molecule has 4 nitrogen and oxygen atoms in total. The summed E-state index contributed by atoms with van der Waals surface area (Å²) in [6.45, 7) is 2.71. The van der Waals surface area contributed by atoms with E-state index in [1.54, 1.807) is 18.2 Å². The summed E-state index contributed by atoms with van der Waals surface area (Å²) in [6.07, 6.45) is 3.88. The molecule has 31 heavy (non-hydrogen) atoms. The van der Waals surface area contributed by atoms with Crippen molar-refractivity contribution in [3.8, 4) is 0 Å². The third-order valence-electron chi connectivity index (χ3n) is 5.91. The zero-order valence-electron chi connectivity index (χ0n) is 17.2. The number of amides is 1. The maximum absolute atomic E-state index is 14.1. The maximum atomic E-state index is 14.1. The summed E-state index contributed by atoms with van der Waals surface area (Å²) in [5.41, 5.74) is 4.04. The Bertz CT molecular complexity index is 1190. The van der Waals surface area contributed by atoms with Crippen molar-refractivity contribution in [1.82, 2.24) is 4.90 Å². The van der Waals surface area contributed by atoms with Crippen LogP contribution in [0.1, 0.15) is 34.3 Å². The molecule has 3 aromatic rings. The minimum absolute atomic E-state index is 0.0306. The summed E-state index contributed by atoms with van der Waals surface area (Å²) in [4.78, 5) is 19.3. The van der Waals surface area contributed by atoms with Gasteiger partial charge in [0.2, 0.25) is 5.90 Å². The molecule has 3 aromatic carbocycles. The van der Waals surface area contributed by atoms with E-state index in [4.69, 9.17) is 4.74 Å². The summed E-state index contributed by atoms with van der Waals surface area (Å²) >= 11 is 0. The normalized spacial score (nSPS) is 16.2. The van der Waals surface area contributed by atoms with Crippen LogP contribution >= 0.6 is 0 Å². The average molecular weight is 414 g/mol. The predicted octanol–water partition coefficient (Wildman–Crippen LogP) is 5.08. The van der Waals surface area contributed by atoms with Crippen molar-refractivity contribution in [3.05, 3.63) is 88.7 Å². The molecular formula is C26H23FN2O2. The van der Waals surface area contributed by atoms with Gasteiger partial charge in [0.05, 0.1) is 6.54 Å². The minimum atomic E-state index is -0.298. The van der Waals surface area contributed by atoms with E-state index in [0.717, 1.165) is 36.4 Å². The fraction of sp³-hybridized carbons (Fsp3) is 0.231. The van der Waals surface area contributed by atoms with E-state index < -0.39 is 0 Å². The summed E-state index contributed by atoms with van der Waals surface area (Å²) in [6, 6.07) is 18.4. The molecule has 5 rings (SSSR count). The van der Waals surface area contributed by atoms with E-state index >= 15 is 0 Å². The predicted molar refractivity (Wildman–Crippen MR) is 121 cm³/mol. The number of rotatable bonds is 3. The molecule has 1 fully saturated rings. The van der Waals surface area contributed by atoms with E-state index in [0.29, 0.717) is 36.0 Å². The number of aliphatic imine (C=N–C) groups is 1. The van der Waals surface area contributed by atoms with Crippen molar-refractivity contribution in [2.24, 2.45) is 4.99 Å². The van der Waals surface area contributed by atoms with Gasteiger partial charge in [0.25, 0.3) is 5.91 Å². The van der Waals surface area contributed by atoms with Crippen molar-refractivity contribution in [2.45, 2.75) is 12.8 Å². The van der Waals surface area contributed by atoms with Gasteiger partial charge >= 0.3 is 0 Å². The van der Waals surface area contributed by atoms with Crippen molar-refractivity contribution in [2.75, 3.05) is 26.2 Å². The van der Waals surface area contributed by atoms with Crippen molar-refractivity contribution in [1.29, 1.82) is 0 Å². The number of carbonyl (C=O) groups excluding carboxylic acids is 1. The third kappa shape index (κ3) is 3.96. The molecule has 0 aliphatic carbocycles. The molecule has 5 heteroatoms. The van der Waals surface area contributed by atoms with Gasteiger partial charge in [0.15, 0.2) is 0 Å². The van der Waals surface area contributed by atoms with Crippen LogP contribution in [-0.4, -0.2) is 42.9 Å². The monoisotopic (exact) mass is 414 g/mol. The number of hydrogen-bond acceptors (Lipinski definition) is 3. The molecule has 2 heterocycles. The highest BCUT2D eigenvalue weighted by Crippen LogP contribution is 2.26. The lowest BCUT2D eigenvalue weighted by Crippen LogP contribution is -2.36. The Morgan fingerprint density at radius 1 is 0.968 bits per heavy atom. The van der Waals surface area contributed by atoms with Gasteiger partial charge in [-0.25, -0.2) is 9.38 Å². The van der Waals surface area contributed by atoms with Crippen molar-refractivity contribution < 1.29 is 13.9 Å². The van der Waals surface area contributed by atoms with Crippen LogP contribution in [0.3, 0.4) is 0 Å². The van der Waals surface area contributed by atoms with Crippen LogP contribution in [0.2, 0.25) is 0 Å². The summed E-state index contributed by atoms with van der Waals surface area (Å²) < 4.78 is 19.6. The highest BCUT2D eigenvalue weighted by atomic mass is 19.1. The Balaban J connectivity index is 1.27. The first-order valence-electron chi connectivity index (χ1n) is 10.6. The number of carbonyl (C=O) groups is 1. The fourth-order valence-corrected chi connectivity index (χ4v) is 4.23. The molecule has 1 amide bonds. The minimum Gasteiger partial charge on any atom is -0.476 e. The van der Waals surface area contributed by atoms with Gasteiger partial charge in [-0.1, -0.05) is 48.0 Å². The van der Waals surface area contributed by atoms with Crippen LogP contribution in [0, 0.1) is 5.82 Å². The van der Waals surface area contributed by atoms with Gasteiger partial charge in [-0.3, -0.25) is 4.79 Å². The molecule has 0 unspecified atom stereocenters. The Kier molecular flexibility index (Phi) is 5.24. The SMILES string of the molecule is O=C(c1ccc(F)c2ccccc12)N1CCC(=Cc2ccc(C3=NCCO3)cc2)CC1. The number of hydrogen-bond donors (Lipinski definition) is 0. The second kappa shape index (κ2) is 8.34. The van der Waals surface area contributed by atoms with E-state index in [-0.39, 0.29) is 11.7 Å². The highest BCUT2D eigenvalue weighted by molar-refractivity contribution is 6.07. The molecule has 2 aliphatic heterocycles. The Labute approximate surface area is 180 Å². The van der Waals surface area contributed by atoms with E-state index in [9.17, 15) is 9.18 Å². The van der Waals surface area contributed by atoms with Gasteiger partial charge in [0.1, 0.15) is 12.4 Å². The molecule has 2 aliphatic rings. The standard InChI is InChI=1S/C26H23FN2O2/c27-24-10-9-23(21-3-1-2-4-22(21)24)26(30)29-14-11-19(12-15-29)17-18-5-7-20(8-6-18)25-28-13-16-31-25/h1-10,17H,11-16H2. The summed E-state index contributed by atoms with van der Waals surface area (Å²) in [5.74, 6) is 0.393. The van der Waals surface area contributed by atoms with Crippen LogP contribution < -0.4 is 0 Å². The average Bonchev–Trinajstić information content (AvgIpc) is 3.35. The zero-order chi connectivity index (χ0) is 21.2. The molecular weight excluding hydrogens is 391 g/mol. The first kappa shape index (κ1) is 19.5. The molecule has 156 valence electrons. The number of fused-ring (bicyclic) bond motifs is 1. The van der Waals surface area contributed by atoms with E-state index in [1.165, 1.54) is 11.6 Å². The number of benzene rings is 3. The second-order valence-corrected chi connectivity index (χ2v) is 7.89. The Hall–Kier alpha value is -3.47. The van der Waals surface area contributed by atoms with Crippen LogP contribution in [0.4, 0.5) is 4.39 Å². The lowest BCUT2D eigenvalue weighted by Gasteiger charge is -2.29. The van der Waals surface area contributed by atoms with Gasteiger partial charge in [0, 0.05) is 29.6 Å². The largest absolute Gasteiger partial charge is 0.476 e. The number of ether oxygens (including phenoxy) is 1. The van der Waals surface area contributed by atoms with E-state index in [2.05, 4.69) is 23.2 Å². The lowest BCUT2D eigenvalue weighted by atomic mass is 9.98. The molecule has 0 spiro atoms. The van der Waals surface area contributed by atoms with Crippen LogP contribution in [-0.2, 0) is 4.74 Å². The number of halogens is 1. The van der Waals surface area contributed by atoms with Gasteiger partial charge in [-0.05, 0) is 48.1 Å². The van der Waals surface area contributed by atoms with Crippen molar-refractivity contribution in [3.63, 3.8) is 0 Å². The van der Waals surface area contributed by atoms with Crippen LogP contribution in [0.15, 0.2) is 71.2 Å². The summed E-state index contributed by atoms with van der Waals surface area (Å²) in [5, 5.41) is 1.16. The highest BCUT2D eigenvalue weighted by Gasteiger charge is 2.22. The third-order valence-corrected chi connectivity index (χ3v) is 5.91. The van der Waals surface area contributed by atoms with Gasteiger partial charge < -0.3 is 9.64 Å². The summed E-state index contributed by atoms with van der Waals surface area (Å²) in [7, 11) is 0.